The van der Waals surface area contributed by atoms with Crippen LogP contribution in [0.15, 0.2) is 54.6 Å². The standard InChI is InChI=1S/C58H56N4O25/c1-31(63)77-27-81-52(69)23-61(24-53(70)82-28-78-32(2)64)46-11-10-39(74-9)16-50(46)75-12-13-76-51-18-41-40(17-47(51)62(25-54(71)83-29-79-33(3)65)26-55(72)84-30-80-34(4)66)56(73)87-58(41)44-14-37(21-59)48(85-35(5)67)19-42(44)57(7,8)43-20-49(86-36(6)68)38(22-60)15-45(43)58/h10-11,14-20H,12-13,23-30H2,1-9H3. The highest BCUT2D eigenvalue weighted by molar-refractivity contribution is 6.00. The predicted octanol–water partition coefficient (Wildman–Crippen LogP) is 3.72. The molecule has 6 rings (SSSR count). The number of nitriles is 2. The minimum Gasteiger partial charge on any atom is -0.497 e. The van der Waals surface area contributed by atoms with Crippen molar-refractivity contribution in [3.63, 3.8) is 0 Å². The third-order valence-electron chi connectivity index (χ3n) is 12.7. The molecule has 1 aliphatic carbocycles. The maximum absolute atomic E-state index is 14.9. The van der Waals surface area contributed by atoms with E-state index in [-0.39, 0.29) is 73.5 Å². The topological polar surface area (TPSA) is 371 Å². The molecule has 0 N–H and O–H groups in total. The van der Waals surface area contributed by atoms with Crippen LogP contribution in [0.3, 0.4) is 0 Å². The molecular weight excluding hydrogens is 1150 g/mol. The fourth-order valence-corrected chi connectivity index (χ4v) is 9.03. The summed E-state index contributed by atoms with van der Waals surface area (Å²) in [6.07, 6.45) is 0. The number of carbonyl (C=O) groups is 11. The van der Waals surface area contributed by atoms with Crippen molar-refractivity contribution in [1.29, 1.82) is 10.5 Å². The van der Waals surface area contributed by atoms with Crippen molar-refractivity contribution < 1.29 is 119 Å². The van der Waals surface area contributed by atoms with Crippen LogP contribution in [0.2, 0.25) is 0 Å². The second kappa shape index (κ2) is 28.5. The smallest absolute Gasteiger partial charge is 0.340 e. The molecule has 0 bridgehead atoms. The summed E-state index contributed by atoms with van der Waals surface area (Å²) in [4.78, 5) is 141. The number of ether oxygens (including phenoxy) is 14. The first kappa shape index (κ1) is 65.2. The zero-order valence-corrected chi connectivity index (χ0v) is 48.3. The summed E-state index contributed by atoms with van der Waals surface area (Å²) in [7, 11) is 1.34. The van der Waals surface area contributed by atoms with Crippen LogP contribution in [0.1, 0.15) is 105 Å². The summed E-state index contributed by atoms with van der Waals surface area (Å²) in [5.74, 6) is -10.5. The largest absolute Gasteiger partial charge is 0.497 e. The zero-order chi connectivity index (χ0) is 63.9. The van der Waals surface area contributed by atoms with Gasteiger partial charge in [-0.25, -0.2) is 4.79 Å². The summed E-state index contributed by atoms with van der Waals surface area (Å²) in [6.45, 7) is 2.60. The molecule has 0 radical (unpaired) electrons. The van der Waals surface area contributed by atoms with Gasteiger partial charge in [0, 0.05) is 69.7 Å². The van der Waals surface area contributed by atoms with Crippen molar-refractivity contribution in [3.8, 4) is 40.9 Å². The van der Waals surface area contributed by atoms with Crippen LogP contribution in [0, 0.1) is 22.7 Å². The molecule has 0 amide bonds. The number of hydrogen-bond donors (Lipinski definition) is 0. The maximum Gasteiger partial charge on any atom is 0.340 e. The molecule has 4 aromatic rings. The minimum absolute atomic E-state index is 0.0333. The summed E-state index contributed by atoms with van der Waals surface area (Å²) in [6, 6.07) is 16.3. The Morgan fingerprint density at radius 1 is 0.471 bits per heavy atom. The Bertz CT molecular complexity index is 3370. The van der Waals surface area contributed by atoms with E-state index in [1.165, 1.54) is 61.7 Å². The van der Waals surface area contributed by atoms with Gasteiger partial charge in [-0.15, -0.1) is 0 Å². The Kier molecular flexibility index (Phi) is 21.4. The number of anilines is 2. The van der Waals surface area contributed by atoms with Gasteiger partial charge in [-0.2, -0.15) is 10.5 Å². The molecule has 1 aliphatic heterocycles. The van der Waals surface area contributed by atoms with Crippen molar-refractivity contribution >= 4 is 77.0 Å². The number of carbonyl (C=O) groups excluding carboxylic acids is 11. The molecular formula is C58H56N4O25. The summed E-state index contributed by atoms with van der Waals surface area (Å²) in [5.41, 5.74) is -3.45. The molecule has 0 atom stereocenters. The molecule has 0 saturated heterocycles. The summed E-state index contributed by atoms with van der Waals surface area (Å²) in [5, 5.41) is 21.1. The van der Waals surface area contributed by atoms with Crippen LogP contribution < -0.4 is 33.5 Å². The van der Waals surface area contributed by atoms with E-state index in [2.05, 4.69) is 0 Å². The molecule has 87 heavy (non-hydrogen) atoms. The molecule has 29 heteroatoms. The van der Waals surface area contributed by atoms with Crippen LogP contribution in [-0.4, -0.2) is 139 Å². The summed E-state index contributed by atoms with van der Waals surface area (Å²) < 4.78 is 75.0. The normalized spacial score (nSPS) is 12.5. The Balaban J connectivity index is 1.56. The van der Waals surface area contributed by atoms with E-state index in [4.69, 9.17) is 66.3 Å². The highest BCUT2D eigenvalue weighted by Crippen LogP contribution is 2.59. The lowest BCUT2D eigenvalue weighted by molar-refractivity contribution is -0.167. The highest BCUT2D eigenvalue weighted by Gasteiger charge is 2.57. The molecule has 0 saturated carbocycles. The molecule has 0 aromatic heterocycles. The van der Waals surface area contributed by atoms with E-state index in [1.54, 1.807) is 13.8 Å². The molecule has 0 unspecified atom stereocenters. The Morgan fingerprint density at radius 2 is 0.851 bits per heavy atom. The number of methoxy groups -OCH3 is 1. The molecule has 29 nitrogen and oxygen atoms in total. The molecule has 1 heterocycles. The fraction of sp³-hybridized carbons (Fsp3) is 0.362. The average molecular weight is 1210 g/mol. The van der Waals surface area contributed by atoms with Crippen molar-refractivity contribution in [2.45, 2.75) is 66.4 Å². The number of hydrogen-bond acceptors (Lipinski definition) is 29. The first-order valence-corrected chi connectivity index (χ1v) is 25.8. The van der Waals surface area contributed by atoms with Crippen LogP contribution in [-0.2, 0) is 102 Å². The molecule has 1 spiro atoms. The maximum atomic E-state index is 14.9. The number of benzene rings is 4. The lowest BCUT2D eigenvalue weighted by Gasteiger charge is -2.45. The van der Waals surface area contributed by atoms with Crippen LogP contribution >= 0.6 is 0 Å². The second-order valence-corrected chi connectivity index (χ2v) is 19.1. The monoisotopic (exact) mass is 1210 g/mol. The van der Waals surface area contributed by atoms with Gasteiger partial charge in [-0.05, 0) is 59.7 Å². The summed E-state index contributed by atoms with van der Waals surface area (Å²) >= 11 is 0. The molecule has 4 aromatic carbocycles. The zero-order valence-electron chi connectivity index (χ0n) is 48.3. The van der Waals surface area contributed by atoms with Gasteiger partial charge in [0.05, 0.1) is 35.2 Å². The van der Waals surface area contributed by atoms with Crippen LogP contribution in [0.4, 0.5) is 11.4 Å². The Hall–Kier alpha value is -11.0. The van der Waals surface area contributed by atoms with E-state index in [0.29, 0.717) is 11.1 Å². The Morgan fingerprint density at radius 3 is 1.22 bits per heavy atom. The van der Waals surface area contributed by atoms with Gasteiger partial charge in [-0.1, -0.05) is 13.8 Å². The van der Waals surface area contributed by atoms with Gasteiger partial charge in [0.1, 0.15) is 80.3 Å². The van der Waals surface area contributed by atoms with E-state index < -0.39 is 143 Å². The third-order valence-corrected chi connectivity index (χ3v) is 12.7. The third kappa shape index (κ3) is 16.0. The average Bonchev–Trinajstić information content (AvgIpc) is 1.66. The van der Waals surface area contributed by atoms with E-state index in [0.717, 1.165) is 51.3 Å². The van der Waals surface area contributed by atoms with E-state index in [1.807, 2.05) is 12.1 Å². The number of rotatable bonds is 26. The number of fused-ring (bicyclic) bond motifs is 6. The van der Waals surface area contributed by atoms with Crippen molar-refractivity contribution in [2.75, 3.05) is 83.5 Å². The number of nitrogens with zero attached hydrogens (tertiary/aromatic N) is 4. The Labute approximate surface area is 495 Å². The first-order chi connectivity index (χ1) is 41.2. The highest BCUT2D eigenvalue weighted by atomic mass is 16.7. The van der Waals surface area contributed by atoms with Crippen molar-refractivity contribution in [2.24, 2.45) is 0 Å². The van der Waals surface area contributed by atoms with Gasteiger partial charge < -0.3 is 76.1 Å². The van der Waals surface area contributed by atoms with Crippen LogP contribution in [0.25, 0.3) is 0 Å². The first-order valence-electron chi connectivity index (χ1n) is 25.8. The lowest BCUT2D eigenvalue weighted by atomic mass is 9.61. The van der Waals surface area contributed by atoms with Gasteiger partial charge in [-0.3, -0.25) is 47.9 Å². The lowest BCUT2D eigenvalue weighted by Crippen LogP contribution is -2.41. The van der Waals surface area contributed by atoms with E-state index in [9.17, 15) is 63.3 Å². The molecule has 458 valence electrons. The van der Waals surface area contributed by atoms with Crippen molar-refractivity contribution in [1.82, 2.24) is 0 Å². The quantitative estimate of drug-likeness (QED) is 0.0284. The van der Waals surface area contributed by atoms with E-state index >= 15 is 0 Å². The SMILES string of the molecule is COc1ccc(N(CC(=O)OCOC(C)=O)CC(=O)OCOC(C)=O)c(OCCOc2cc3c(cc2N(CC(=O)OCOC(C)=O)CC(=O)OCOC(C)=O)C(=O)OC32c3cc(C#N)c(OC(C)=O)cc3C(C)(C)c3cc(OC(C)=O)c(C#N)cc32)c1. The fourth-order valence-electron chi connectivity index (χ4n) is 9.03. The molecule has 0 fully saturated rings. The van der Waals surface area contributed by atoms with Gasteiger partial charge in [0.2, 0.25) is 27.2 Å². The van der Waals surface area contributed by atoms with Crippen molar-refractivity contribution in [3.05, 3.63) is 99.1 Å². The second-order valence-electron chi connectivity index (χ2n) is 19.1. The van der Waals surface area contributed by atoms with Gasteiger partial charge in [0.15, 0.2) is 5.60 Å². The van der Waals surface area contributed by atoms with Crippen LogP contribution in [0.5, 0.6) is 28.7 Å². The number of esters is 11. The van der Waals surface area contributed by atoms with Gasteiger partial charge >= 0.3 is 65.7 Å². The molecule has 2 aliphatic rings. The minimum atomic E-state index is -2.17. The predicted molar refractivity (Wildman–Crippen MR) is 288 cm³/mol. The van der Waals surface area contributed by atoms with Gasteiger partial charge in [0.25, 0.3) is 0 Å².